The Bertz CT molecular complexity index is 447. The predicted molar refractivity (Wildman–Crippen MR) is 84.3 cm³/mol. The van der Waals surface area contributed by atoms with Crippen molar-refractivity contribution in [2.45, 2.75) is 45.2 Å². The van der Waals surface area contributed by atoms with Crippen LogP contribution in [0.4, 0.5) is 5.69 Å². The fourth-order valence-corrected chi connectivity index (χ4v) is 2.87. The first-order valence-electron chi connectivity index (χ1n) is 7.85. The summed E-state index contributed by atoms with van der Waals surface area (Å²) in [4.78, 5) is 12.8. The summed E-state index contributed by atoms with van der Waals surface area (Å²) in [6, 6.07) is 7.49. The third-order valence-electron chi connectivity index (χ3n) is 4.22. The molecule has 0 aliphatic carbocycles. The SMILES string of the molecule is CC1CCCCN1CCCNCc1ccc([N+](=O)[O-])cc1. The number of nitrogens with zero attached hydrogens (tertiary/aromatic N) is 2. The lowest BCUT2D eigenvalue weighted by molar-refractivity contribution is -0.384. The number of nitro groups is 1. The van der Waals surface area contributed by atoms with Gasteiger partial charge >= 0.3 is 0 Å². The van der Waals surface area contributed by atoms with E-state index in [4.69, 9.17) is 0 Å². The third kappa shape index (κ3) is 5.10. The van der Waals surface area contributed by atoms with Crippen molar-refractivity contribution in [3.63, 3.8) is 0 Å². The van der Waals surface area contributed by atoms with E-state index in [9.17, 15) is 10.1 Å². The van der Waals surface area contributed by atoms with Crippen molar-refractivity contribution in [2.75, 3.05) is 19.6 Å². The number of nitrogens with one attached hydrogen (secondary N) is 1. The first kappa shape index (κ1) is 15.9. The van der Waals surface area contributed by atoms with E-state index in [0.717, 1.165) is 37.7 Å². The second kappa shape index (κ2) is 8.10. The number of benzene rings is 1. The molecule has 0 bridgehead atoms. The van der Waals surface area contributed by atoms with Crippen molar-refractivity contribution >= 4 is 5.69 Å². The van der Waals surface area contributed by atoms with E-state index in [1.807, 2.05) is 12.1 Å². The second-order valence-corrected chi connectivity index (χ2v) is 5.83. The molecule has 2 rings (SSSR count). The summed E-state index contributed by atoms with van der Waals surface area (Å²) in [5.74, 6) is 0. The van der Waals surface area contributed by atoms with E-state index >= 15 is 0 Å². The van der Waals surface area contributed by atoms with Gasteiger partial charge in [-0.2, -0.15) is 0 Å². The molecule has 0 amide bonds. The zero-order valence-electron chi connectivity index (χ0n) is 12.8. The summed E-state index contributed by atoms with van der Waals surface area (Å²) in [7, 11) is 0. The van der Waals surface area contributed by atoms with Gasteiger partial charge in [0.15, 0.2) is 0 Å². The Morgan fingerprint density at radius 2 is 2.10 bits per heavy atom. The molecule has 0 radical (unpaired) electrons. The van der Waals surface area contributed by atoms with Gasteiger partial charge in [-0.15, -0.1) is 0 Å². The zero-order chi connectivity index (χ0) is 15.1. The van der Waals surface area contributed by atoms with Crippen molar-refractivity contribution in [3.05, 3.63) is 39.9 Å². The van der Waals surface area contributed by atoms with Gasteiger partial charge in [0.2, 0.25) is 0 Å². The van der Waals surface area contributed by atoms with Crippen molar-refractivity contribution in [2.24, 2.45) is 0 Å². The molecule has 0 aromatic heterocycles. The van der Waals surface area contributed by atoms with Gasteiger partial charge in [0.05, 0.1) is 4.92 Å². The van der Waals surface area contributed by atoms with E-state index in [0.29, 0.717) is 0 Å². The van der Waals surface area contributed by atoms with Crippen LogP contribution in [0.5, 0.6) is 0 Å². The summed E-state index contributed by atoms with van der Waals surface area (Å²) < 4.78 is 0. The summed E-state index contributed by atoms with van der Waals surface area (Å²) >= 11 is 0. The van der Waals surface area contributed by atoms with E-state index in [2.05, 4.69) is 17.1 Å². The highest BCUT2D eigenvalue weighted by Crippen LogP contribution is 2.16. The molecule has 1 aromatic rings. The van der Waals surface area contributed by atoms with Gasteiger partial charge in [-0.1, -0.05) is 18.6 Å². The number of nitro benzene ring substituents is 1. The molecular weight excluding hydrogens is 266 g/mol. The Morgan fingerprint density at radius 1 is 1.33 bits per heavy atom. The number of hydrogen-bond acceptors (Lipinski definition) is 4. The second-order valence-electron chi connectivity index (χ2n) is 5.83. The first-order chi connectivity index (χ1) is 10.2. The summed E-state index contributed by atoms with van der Waals surface area (Å²) in [6.07, 6.45) is 5.18. The van der Waals surface area contributed by atoms with Crippen LogP contribution in [0.2, 0.25) is 0 Å². The maximum absolute atomic E-state index is 10.6. The smallest absolute Gasteiger partial charge is 0.269 e. The highest BCUT2D eigenvalue weighted by molar-refractivity contribution is 5.32. The predicted octanol–water partition coefficient (Wildman–Crippen LogP) is 2.95. The maximum atomic E-state index is 10.6. The van der Waals surface area contributed by atoms with Crippen LogP contribution in [0.3, 0.4) is 0 Å². The molecule has 1 atom stereocenters. The van der Waals surface area contributed by atoms with Crippen molar-refractivity contribution < 1.29 is 4.92 Å². The van der Waals surface area contributed by atoms with Gasteiger partial charge in [0, 0.05) is 24.7 Å². The van der Waals surface area contributed by atoms with Crippen LogP contribution in [0.25, 0.3) is 0 Å². The molecule has 1 aromatic carbocycles. The monoisotopic (exact) mass is 291 g/mol. The fourth-order valence-electron chi connectivity index (χ4n) is 2.87. The number of hydrogen-bond donors (Lipinski definition) is 1. The molecule has 1 aliphatic heterocycles. The molecule has 1 aliphatic rings. The van der Waals surface area contributed by atoms with Crippen LogP contribution in [0, 0.1) is 10.1 Å². The Hall–Kier alpha value is -1.46. The molecule has 5 nitrogen and oxygen atoms in total. The van der Waals surface area contributed by atoms with Crippen LogP contribution in [0.15, 0.2) is 24.3 Å². The molecule has 0 saturated carbocycles. The molecule has 5 heteroatoms. The number of non-ortho nitro benzene ring substituents is 1. The van der Waals surface area contributed by atoms with Crippen LogP contribution < -0.4 is 5.32 Å². The first-order valence-corrected chi connectivity index (χ1v) is 7.85. The van der Waals surface area contributed by atoms with Crippen LogP contribution in [0.1, 0.15) is 38.2 Å². The van der Waals surface area contributed by atoms with Crippen molar-refractivity contribution in [1.29, 1.82) is 0 Å². The highest BCUT2D eigenvalue weighted by Gasteiger charge is 2.16. The normalized spacial score (nSPS) is 19.6. The number of rotatable bonds is 7. The van der Waals surface area contributed by atoms with Gasteiger partial charge < -0.3 is 10.2 Å². The quantitative estimate of drug-likeness (QED) is 0.477. The Kier molecular flexibility index (Phi) is 6.14. The van der Waals surface area contributed by atoms with Gasteiger partial charge in [-0.25, -0.2) is 0 Å². The van der Waals surface area contributed by atoms with Crippen LogP contribution in [-0.4, -0.2) is 35.5 Å². The van der Waals surface area contributed by atoms with Gasteiger partial charge in [0.25, 0.3) is 5.69 Å². The van der Waals surface area contributed by atoms with E-state index < -0.39 is 0 Å². The summed E-state index contributed by atoms with van der Waals surface area (Å²) in [5, 5.41) is 14.0. The molecule has 1 saturated heterocycles. The lowest BCUT2D eigenvalue weighted by Gasteiger charge is -2.33. The van der Waals surface area contributed by atoms with E-state index in [1.54, 1.807) is 12.1 Å². The summed E-state index contributed by atoms with van der Waals surface area (Å²) in [6.45, 7) is 6.48. The number of likely N-dealkylation sites (tertiary alicyclic amines) is 1. The average Bonchev–Trinajstić information content (AvgIpc) is 2.49. The molecule has 1 heterocycles. The van der Waals surface area contributed by atoms with Crippen LogP contribution >= 0.6 is 0 Å². The minimum absolute atomic E-state index is 0.151. The molecule has 116 valence electrons. The fraction of sp³-hybridized carbons (Fsp3) is 0.625. The Morgan fingerprint density at radius 3 is 2.76 bits per heavy atom. The highest BCUT2D eigenvalue weighted by atomic mass is 16.6. The zero-order valence-corrected chi connectivity index (χ0v) is 12.8. The summed E-state index contributed by atoms with van der Waals surface area (Å²) in [5.41, 5.74) is 1.24. The molecule has 1 N–H and O–H groups in total. The lowest BCUT2D eigenvalue weighted by atomic mass is 10.0. The van der Waals surface area contributed by atoms with E-state index in [1.165, 1.54) is 25.8 Å². The Labute approximate surface area is 126 Å². The van der Waals surface area contributed by atoms with Gasteiger partial charge in [0.1, 0.15) is 0 Å². The molecule has 0 spiro atoms. The molecule has 1 unspecified atom stereocenters. The van der Waals surface area contributed by atoms with Gasteiger partial charge in [-0.3, -0.25) is 10.1 Å². The van der Waals surface area contributed by atoms with Gasteiger partial charge in [-0.05, 0) is 51.4 Å². The maximum Gasteiger partial charge on any atom is 0.269 e. The van der Waals surface area contributed by atoms with Crippen molar-refractivity contribution in [1.82, 2.24) is 10.2 Å². The third-order valence-corrected chi connectivity index (χ3v) is 4.22. The van der Waals surface area contributed by atoms with Crippen LogP contribution in [-0.2, 0) is 6.54 Å². The average molecular weight is 291 g/mol. The molecular formula is C16H25N3O2. The lowest BCUT2D eigenvalue weighted by Crippen LogP contribution is -2.38. The minimum atomic E-state index is -0.364. The largest absolute Gasteiger partial charge is 0.313 e. The standard InChI is InChI=1S/C16H25N3O2/c1-14-5-2-3-11-18(14)12-4-10-17-13-15-6-8-16(9-7-15)19(20)21/h6-9,14,17H,2-5,10-13H2,1H3. The van der Waals surface area contributed by atoms with Crippen molar-refractivity contribution in [3.8, 4) is 0 Å². The van der Waals surface area contributed by atoms with E-state index in [-0.39, 0.29) is 10.6 Å². The number of piperidine rings is 1. The molecule has 21 heavy (non-hydrogen) atoms. The minimum Gasteiger partial charge on any atom is -0.313 e. The topological polar surface area (TPSA) is 58.4 Å². The Balaban J connectivity index is 1.62. The molecule has 1 fully saturated rings.